The second kappa shape index (κ2) is 10.7. The summed E-state index contributed by atoms with van der Waals surface area (Å²) in [4.78, 5) is 35.7. The fourth-order valence-electron chi connectivity index (χ4n) is 2.55. The van der Waals surface area contributed by atoms with Crippen LogP contribution in [-0.4, -0.2) is 30.1 Å². The first-order valence-electron chi connectivity index (χ1n) is 9.73. The van der Waals surface area contributed by atoms with Crippen LogP contribution in [0.3, 0.4) is 0 Å². The van der Waals surface area contributed by atoms with Gasteiger partial charge in [0.1, 0.15) is 5.60 Å². The largest absolute Gasteiger partial charge is 0.444 e. The fourth-order valence-corrected chi connectivity index (χ4v) is 2.55. The third-order valence-electron chi connectivity index (χ3n) is 3.96. The van der Waals surface area contributed by atoms with Gasteiger partial charge in [0.25, 0.3) is 5.91 Å². The van der Waals surface area contributed by atoms with E-state index in [4.69, 9.17) is 4.74 Å². The monoisotopic (exact) mass is 451 g/mol. The molecule has 10 heteroatoms. The molecule has 32 heavy (non-hydrogen) atoms. The second-order valence-electron chi connectivity index (χ2n) is 7.83. The lowest BCUT2D eigenvalue weighted by Crippen LogP contribution is -2.34. The number of amides is 3. The van der Waals surface area contributed by atoms with Crippen molar-refractivity contribution in [2.45, 2.75) is 39.3 Å². The van der Waals surface area contributed by atoms with Gasteiger partial charge >= 0.3 is 6.09 Å². The molecular formula is C22H24F3N3O4. The number of hydrogen-bond donors (Lipinski definition) is 3. The molecule has 0 spiro atoms. The summed E-state index contributed by atoms with van der Waals surface area (Å²) in [7, 11) is 0. The molecule has 0 aromatic heterocycles. The number of ether oxygens (including phenoxy) is 1. The van der Waals surface area contributed by atoms with Crippen molar-refractivity contribution in [2.75, 3.05) is 11.9 Å². The number of benzene rings is 2. The summed E-state index contributed by atoms with van der Waals surface area (Å²) in [6.45, 7) is 5.22. The summed E-state index contributed by atoms with van der Waals surface area (Å²) in [5.41, 5.74) is -0.242. The van der Waals surface area contributed by atoms with Crippen LogP contribution < -0.4 is 16.0 Å². The molecule has 0 fully saturated rings. The second-order valence-corrected chi connectivity index (χ2v) is 7.83. The van der Waals surface area contributed by atoms with Crippen molar-refractivity contribution in [1.82, 2.24) is 10.6 Å². The van der Waals surface area contributed by atoms with E-state index in [9.17, 15) is 27.6 Å². The van der Waals surface area contributed by atoms with Crippen molar-refractivity contribution < 1.29 is 32.3 Å². The summed E-state index contributed by atoms with van der Waals surface area (Å²) < 4.78 is 45.1. The fraction of sp³-hybridized carbons (Fsp3) is 0.318. The van der Waals surface area contributed by atoms with Gasteiger partial charge in [0.15, 0.2) is 17.5 Å². The normalized spacial score (nSPS) is 10.9. The summed E-state index contributed by atoms with van der Waals surface area (Å²) >= 11 is 0. The lowest BCUT2D eigenvalue weighted by Gasteiger charge is -2.19. The van der Waals surface area contributed by atoms with Crippen molar-refractivity contribution >= 4 is 23.6 Å². The van der Waals surface area contributed by atoms with Crippen molar-refractivity contribution in [1.29, 1.82) is 0 Å². The summed E-state index contributed by atoms with van der Waals surface area (Å²) in [6.07, 6.45) is -0.615. The Labute approximate surface area is 183 Å². The predicted molar refractivity (Wildman–Crippen MR) is 111 cm³/mol. The minimum absolute atomic E-state index is 0.00954. The highest BCUT2D eigenvalue weighted by atomic mass is 19.2. The molecule has 2 aromatic carbocycles. The quantitative estimate of drug-likeness (QED) is 0.557. The van der Waals surface area contributed by atoms with Crippen LogP contribution in [0.4, 0.5) is 23.7 Å². The number of rotatable bonds is 7. The first-order chi connectivity index (χ1) is 15.0. The molecular weight excluding hydrogens is 427 g/mol. The van der Waals surface area contributed by atoms with Crippen LogP contribution >= 0.6 is 0 Å². The molecule has 0 unspecified atom stereocenters. The maximum Gasteiger partial charge on any atom is 0.407 e. The van der Waals surface area contributed by atoms with E-state index in [0.717, 1.165) is 6.07 Å². The molecule has 0 bridgehead atoms. The van der Waals surface area contributed by atoms with Crippen LogP contribution in [0.25, 0.3) is 0 Å². The maximum absolute atomic E-state index is 13.7. The van der Waals surface area contributed by atoms with Crippen molar-refractivity contribution in [3.05, 3.63) is 65.0 Å². The molecule has 0 atom stereocenters. The maximum atomic E-state index is 13.7. The SMILES string of the molecule is CC(C)(C)OC(=O)NCCC(=O)Nc1cccc(CNC(=O)c2ccc(F)c(F)c2F)c1. The number of anilines is 1. The molecule has 2 rings (SSSR count). The molecule has 7 nitrogen and oxygen atoms in total. The zero-order chi connectivity index (χ0) is 23.9. The molecule has 3 amide bonds. The summed E-state index contributed by atoms with van der Waals surface area (Å²) in [5.74, 6) is -5.94. The van der Waals surface area contributed by atoms with Gasteiger partial charge in [-0.1, -0.05) is 12.1 Å². The van der Waals surface area contributed by atoms with Crippen LogP contribution in [0.1, 0.15) is 43.1 Å². The van der Waals surface area contributed by atoms with Crippen molar-refractivity contribution in [3.8, 4) is 0 Å². The zero-order valence-electron chi connectivity index (χ0n) is 17.9. The van der Waals surface area contributed by atoms with Gasteiger partial charge in [0.2, 0.25) is 5.91 Å². The Morgan fingerprint density at radius 3 is 2.38 bits per heavy atom. The highest BCUT2D eigenvalue weighted by Crippen LogP contribution is 2.16. The lowest BCUT2D eigenvalue weighted by molar-refractivity contribution is -0.116. The Morgan fingerprint density at radius 2 is 1.69 bits per heavy atom. The Morgan fingerprint density at radius 1 is 0.969 bits per heavy atom. The first-order valence-corrected chi connectivity index (χ1v) is 9.73. The number of carbonyl (C=O) groups is 3. The first kappa shape index (κ1) is 24.7. The third kappa shape index (κ3) is 7.60. The average Bonchev–Trinajstić information content (AvgIpc) is 2.69. The number of alkyl carbamates (subject to hydrolysis) is 1. The van der Waals surface area contributed by atoms with Gasteiger partial charge in [-0.25, -0.2) is 18.0 Å². The van der Waals surface area contributed by atoms with Crippen LogP contribution in [0.2, 0.25) is 0 Å². The van der Waals surface area contributed by atoms with Gasteiger partial charge in [0.05, 0.1) is 5.56 Å². The van der Waals surface area contributed by atoms with Crippen LogP contribution in [0.5, 0.6) is 0 Å². The van der Waals surface area contributed by atoms with E-state index in [1.54, 1.807) is 45.0 Å². The van der Waals surface area contributed by atoms with E-state index in [1.165, 1.54) is 0 Å². The third-order valence-corrected chi connectivity index (χ3v) is 3.96. The molecule has 2 aromatic rings. The zero-order valence-corrected chi connectivity index (χ0v) is 17.9. The summed E-state index contributed by atoms with van der Waals surface area (Å²) in [6, 6.07) is 8.02. The standard InChI is InChI=1S/C22H24F3N3O4/c1-22(2,3)32-21(31)26-10-9-17(29)28-14-6-4-5-13(11-14)12-27-20(30)15-7-8-16(23)19(25)18(15)24/h4-8,11H,9-10,12H2,1-3H3,(H,26,31)(H,27,30)(H,28,29). The number of carbonyl (C=O) groups excluding carboxylic acids is 3. The highest BCUT2D eigenvalue weighted by Gasteiger charge is 2.19. The van der Waals surface area contributed by atoms with E-state index in [2.05, 4.69) is 16.0 Å². The minimum atomic E-state index is -1.72. The van der Waals surface area contributed by atoms with Gasteiger partial charge in [-0.2, -0.15) is 0 Å². The van der Waals surface area contributed by atoms with Gasteiger partial charge < -0.3 is 20.7 Å². The number of hydrogen-bond acceptors (Lipinski definition) is 4. The Bertz CT molecular complexity index is 1010. The molecule has 0 saturated heterocycles. The predicted octanol–water partition coefficient (Wildman–Crippen LogP) is 3.89. The van der Waals surface area contributed by atoms with Gasteiger partial charge in [-0.3, -0.25) is 9.59 Å². The molecule has 0 aliphatic rings. The molecule has 0 aliphatic carbocycles. The molecule has 0 radical (unpaired) electrons. The Hall–Kier alpha value is -3.56. The van der Waals surface area contributed by atoms with Gasteiger partial charge in [0, 0.05) is 25.2 Å². The molecule has 0 saturated carbocycles. The topological polar surface area (TPSA) is 96.5 Å². The number of nitrogens with one attached hydrogen (secondary N) is 3. The van der Waals surface area contributed by atoms with Crippen LogP contribution in [-0.2, 0) is 16.1 Å². The van der Waals surface area contributed by atoms with E-state index >= 15 is 0 Å². The average molecular weight is 451 g/mol. The molecule has 172 valence electrons. The Balaban J connectivity index is 1.85. The van der Waals surface area contributed by atoms with E-state index < -0.39 is 40.6 Å². The minimum Gasteiger partial charge on any atom is -0.444 e. The Kier molecular flexibility index (Phi) is 8.22. The highest BCUT2D eigenvalue weighted by molar-refractivity contribution is 5.94. The number of halogens is 3. The van der Waals surface area contributed by atoms with E-state index in [0.29, 0.717) is 17.3 Å². The smallest absolute Gasteiger partial charge is 0.407 e. The van der Waals surface area contributed by atoms with Gasteiger partial charge in [-0.15, -0.1) is 0 Å². The molecule has 0 heterocycles. The lowest BCUT2D eigenvalue weighted by atomic mass is 10.1. The van der Waals surface area contributed by atoms with E-state index in [-0.39, 0.29) is 25.4 Å². The van der Waals surface area contributed by atoms with Crippen molar-refractivity contribution in [2.24, 2.45) is 0 Å². The van der Waals surface area contributed by atoms with Crippen LogP contribution in [0, 0.1) is 17.5 Å². The van der Waals surface area contributed by atoms with Crippen LogP contribution in [0.15, 0.2) is 36.4 Å². The summed E-state index contributed by atoms with van der Waals surface area (Å²) in [5, 5.41) is 7.54. The molecule has 3 N–H and O–H groups in total. The van der Waals surface area contributed by atoms with E-state index in [1.807, 2.05) is 0 Å². The molecule has 0 aliphatic heterocycles. The van der Waals surface area contributed by atoms with Gasteiger partial charge in [-0.05, 0) is 50.6 Å². The van der Waals surface area contributed by atoms with Crippen molar-refractivity contribution in [3.63, 3.8) is 0 Å².